The Morgan fingerprint density at radius 2 is 2.17 bits per heavy atom. The average molecular weight is 349 g/mol. The minimum Gasteiger partial charge on any atom is -0.368 e. The van der Waals surface area contributed by atoms with Crippen LogP contribution in [0, 0.1) is 16.0 Å². The highest BCUT2D eigenvalue weighted by molar-refractivity contribution is 7.13. The van der Waals surface area contributed by atoms with E-state index in [1.165, 1.54) is 10.8 Å². The normalized spacial score (nSPS) is 22.7. The number of ketones is 1. The Balaban J connectivity index is 1.95. The van der Waals surface area contributed by atoms with Crippen molar-refractivity contribution in [2.45, 2.75) is 5.92 Å². The minimum absolute atomic E-state index is 0.0459. The number of nitrogens with zero attached hydrogens (tertiary/aromatic N) is 3. The third-order valence-corrected chi connectivity index (χ3v) is 5.12. The summed E-state index contributed by atoms with van der Waals surface area (Å²) in [6.07, 6.45) is 0. The Kier molecular flexibility index (Phi) is 3.25. The first kappa shape index (κ1) is 15.0. The lowest BCUT2D eigenvalue weighted by atomic mass is 9.75. The first-order chi connectivity index (χ1) is 11.5. The van der Waals surface area contributed by atoms with Gasteiger partial charge in [-0.3, -0.25) is 14.9 Å². The standard InChI is InChI=1S/C14H11N3O6S/c1-16-13-12(14(19)23-16)10(6-2-9(17(20)21)24-5-6)11-7(15-13)3-22-4-8(11)18/h2,5,10-11H,3-4H2,1H3. The maximum Gasteiger partial charge on any atom is 0.363 e. The van der Waals surface area contributed by atoms with Crippen molar-refractivity contribution >= 4 is 33.7 Å². The second kappa shape index (κ2) is 5.21. The molecule has 4 rings (SSSR count). The van der Waals surface area contributed by atoms with E-state index in [1.54, 1.807) is 12.4 Å². The summed E-state index contributed by atoms with van der Waals surface area (Å²) in [6.45, 7) is 0.109. The molecule has 2 unspecified atom stereocenters. The van der Waals surface area contributed by atoms with Crippen LogP contribution in [0.15, 0.2) is 25.8 Å². The number of aliphatic imine (C=N–C) groups is 1. The predicted octanol–water partition coefficient (Wildman–Crippen LogP) is 1.38. The highest BCUT2D eigenvalue weighted by Gasteiger charge is 2.45. The lowest BCUT2D eigenvalue weighted by molar-refractivity contribution is -0.380. The molecule has 1 fully saturated rings. The van der Waals surface area contributed by atoms with Crippen LogP contribution in [0.2, 0.25) is 0 Å². The average Bonchev–Trinajstić information content (AvgIpc) is 3.12. The number of aryl methyl sites for hydroxylation is 1. The van der Waals surface area contributed by atoms with Gasteiger partial charge in [0.2, 0.25) is 0 Å². The summed E-state index contributed by atoms with van der Waals surface area (Å²) in [5.41, 5.74) is 0.718. The molecule has 0 radical (unpaired) electrons. The van der Waals surface area contributed by atoms with E-state index in [1.807, 2.05) is 0 Å². The molecule has 0 aromatic carbocycles. The molecule has 24 heavy (non-hydrogen) atoms. The third kappa shape index (κ3) is 2.07. The Bertz CT molecular complexity index is 952. The van der Waals surface area contributed by atoms with Crippen LogP contribution in [0.5, 0.6) is 0 Å². The van der Waals surface area contributed by atoms with Gasteiger partial charge >= 0.3 is 10.6 Å². The number of nitro groups is 1. The molecule has 124 valence electrons. The quantitative estimate of drug-likeness (QED) is 0.597. The van der Waals surface area contributed by atoms with Gasteiger partial charge in [0, 0.05) is 24.4 Å². The van der Waals surface area contributed by atoms with Crippen LogP contribution in [0.3, 0.4) is 0 Å². The molecule has 0 saturated carbocycles. The largest absolute Gasteiger partial charge is 0.368 e. The maximum atomic E-state index is 12.4. The number of hydrogen-bond donors (Lipinski definition) is 0. The number of rotatable bonds is 2. The van der Waals surface area contributed by atoms with E-state index in [4.69, 9.17) is 9.26 Å². The fourth-order valence-corrected chi connectivity index (χ4v) is 4.00. The second-order valence-corrected chi connectivity index (χ2v) is 6.50. The number of thiophene rings is 1. The van der Waals surface area contributed by atoms with Crippen LogP contribution < -0.4 is 5.63 Å². The smallest absolute Gasteiger partial charge is 0.363 e. The molecule has 10 heteroatoms. The highest BCUT2D eigenvalue weighted by atomic mass is 32.1. The summed E-state index contributed by atoms with van der Waals surface area (Å²) in [6, 6.07) is 1.40. The fourth-order valence-electron chi connectivity index (χ4n) is 3.24. The summed E-state index contributed by atoms with van der Waals surface area (Å²) in [4.78, 5) is 39.5. The molecule has 2 aliphatic heterocycles. The molecule has 4 heterocycles. The van der Waals surface area contributed by atoms with E-state index in [0.29, 0.717) is 17.1 Å². The van der Waals surface area contributed by atoms with Gasteiger partial charge in [-0.25, -0.2) is 9.79 Å². The Hall–Kier alpha value is -2.59. The van der Waals surface area contributed by atoms with E-state index in [2.05, 4.69) is 4.99 Å². The monoisotopic (exact) mass is 349 g/mol. The van der Waals surface area contributed by atoms with Crippen LogP contribution in [0.1, 0.15) is 17.0 Å². The molecule has 1 saturated heterocycles. The number of hydrogen-bond acceptors (Lipinski definition) is 8. The van der Waals surface area contributed by atoms with Crippen LogP contribution in [0.25, 0.3) is 0 Å². The molecule has 2 aromatic rings. The molecule has 0 amide bonds. The minimum atomic E-state index is -0.661. The van der Waals surface area contributed by atoms with Gasteiger partial charge in [-0.15, -0.1) is 0 Å². The van der Waals surface area contributed by atoms with E-state index in [-0.39, 0.29) is 29.6 Å². The van der Waals surface area contributed by atoms with Gasteiger partial charge < -0.3 is 9.26 Å². The van der Waals surface area contributed by atoms with Gasteiger partial charge in [-0.2, -0.15) is 4.74 Å². The summed E-state index contributed by atoms with van der Waals surface area (Å²) < 4.78 is 11.6. The molecule has 2 atom stereocenters. The Morgan fingerprint density at radius 3 is 2.88 bits per heavy atom. The molecule has 9 nitrogen and oxygen atoms in total. The Morgan fingerprint density at radius 1 is 1.38 bits per heavy atom. The molecular formula is C14H11N3O6S. The molecule has 0 bridgehead atoms. The van der Waals surface area contributed by atoms with E-state index in [0.717, 1.165) is 11.3 Å². The number of Topliss-reactive ketones (excluding diaryl/α,β-unsaturated/α-hetero) is 1. The van der Waals surface area contributed by atoms with E-state index < -0.39 is 22.4 Å². The number of carbonyl (C=O) groups excluding carboxylic acids is 1. The summed E-state index contributed by atoms with van der Waals surface area (Å²) >= 11 is 0.958. The van der Waals surface area contributed by atoms with Crippen molar-refractivity contribution in [3.8, 4) is 0 Å². The molecule has 0 aliphatic carbocycles. The second-order valence-electron chi connectivity index (χ2n) is 5.61. The van der Waals surface area contributed by atoms with Crippen molar-refractivity contribution < 1.29 is 19.0 Å². The Labute approximate surface area is 138 Å². The van der Waals surface area contributed by atoms with Gasteiger partial charge in [0.05, 0.1) is 28.7 Å². The summed E-state index contributed by atoms with van der Waals surface area (Å²) in [5, 5.41) is 12.5. The highest BCUT2D eigenvalue weighted by Crippen LogP contribution is 2.44. The van der Waals surface area contributed by atoms with Crippen molar-refractivity contribution in [1.82, 2.24) is 4.74 Å². The molecular weight excluding hydrogens is 338 g/mol. The summed E-state index contributed by atoms with van der Waals surface area (Å²) in [7, 11) is 1.54. The van der Waals surface area contributed by atoms with Crippen molar-refractivity contribution in [2.75, 3.05) is 13.2 Å². The van der Waals surface area contributed by atoms with Crippen molar-refractivity contribution in [2.24, 2.45) is 18.0 Å². The number of carbonyl (C=O) groups is 1. The SMILES string of the molecule is Cn1oc(=O)c2c1N=C1COCC(=O)C1C2c1csc([N+](=O)[O-])c1. The maximum absolute atomic E-state index is 12.4. The number of ether oxygens (including phenoxy) is 1. The van der Waals surface area contributed by atoms with E-state index in [9.17, 15) is 19.7 Å². The van der Waals surface area contributed by atoms with Crippen molar-refractivity contribution in [1.29, 1.82) is 0 Å². The topological polar surface area (TPSA) is 117 Å². The van der Waals surface area contributed by atoms with Crippen LogP contribution >= 0.6 is 11.3 Å². The third-order valence-electron chi connectivity index (χ3n) is 4.22. The lowest BCUT2D eigenvalue weighted by Gasteiger charge is -2.32. The first-order valence-corrected chi connectivity index (χ1v) is 7.96. The zero-order valence-corrected chi connectivity index (χ0v) is 13.2. The van der Waals surface area contributed by atoms with Gasteiger partial charge in [-0.05, 0) is 5.56 Å². The number of aromatic nitrogens is 1. The van der Waals surface area contributed by atoms with Gasteiger partial charge in [0.25, 0.3) is 0 Å². The zero-order valence-electron chi connectivity index (χ0n) is 12.4. The zero-order chi connectivity index (χ0) is 17.0. The molecule has 0 N–H and O–H groups in total. The molecule has 2 aliphatic rings. The van der Waals surface area contributed by atoms with Gasteiger partial charge in [-0.1, -0.05) is 11.3 Å². The van der Waals surface area contributed by atoms with E-state index >= 15 is 0 Å². The van der Waals surface area contributed by atoms with Crippen molar-refractivity contribution in [3.05, 3.63) is 43.1 Å². The fraction of sp³-hybridized carbons (Fsp3) is 0.357. The predicted molar refractivity (Wildman–Crippen MR) is 83.2 cm³/mol. The van der Waals surface area contributed by atoms with Gasteiger partial charge in [0.15, 0.2) is 11.6 Å². The van der Waals surface area contributed by atoms with Crippen LogP contribution in [0.4, 0.5) is 10.8 Å². The molecule has 2 aromatic heterocycles. The van der Waals surface area contributed by atoms with Crippen LogP contribution in [-0.4, -0.2) is 34.4 Å². The van der Waals surface area contributed by atoms with Crippen LogP contribution in [-0.2, 0) is 16.6 Å². The lowest BCUT2D eigenvalue weighted by Crippen LogP contribution is -2.42. The first-order valence-electron chi connectivity index (χ1n) is 7.08. The van der Waals surface area contributed by atoms with Crippen molar-refractivity contribution in [3.63, 3.8) is 0 Å². The van der Waals surface area contributed by atoms with Gasteiger partial charge in [0.1, 0.15) is 6.61 Å². The molecule has 0 spiro atoms. The number of fused-ring (bicyclic) bond motifs is 2. The summed E-state index contributed by atoms with van der Waals surface area (Å²) in [5.74, 6) is -1.19.